The van der Waals surface area contributed by atoms with Crippen molar-refractivity contribution in [2.24, 2.45) is 0 Å². The van der Waals surface area contributed by atoms with Crippen molar-refractivity contribution in [3.05, 3.63) is 23.8 Å². The fraction of sp³-hybridized carbons (Fsp3) is 0.533. The summed E-state index contributed by atoms with van der Waals surface area (Å²) in [6, 6.07) is 5.21. The van der Waals surface area contributed by atoms with Crippen LogP contribution in [0.3, 0.4) is 0 Å². The van der Waals surface area contributed by atoms with Crippen LogP contribution in [0.2, 0.25) is 0 Å². The maximum atomic E-state index is 11.1. The molecular formula is C15H20O6. The Hall–Kier alpha value is -1.63. The zero-order valence-electron chi connectivity index (χ0n) is 11.9. The quantitative estimate of drug-likeness (QED) is 0.728. The molecule has 0 amide bonds. The zero-order chi connectivity index (χ0) is 14.8. The highest BCUT2D eigenvalue weighted by Crippen LogP contribution is 2.30. The van der Waals surface area contributed by atoms with Crippen LogP contribution >= 0.6 is 0 Å². The third-order valence-electron chi connectivity index (χ3n) is 2.84. The molecule has 0 spiro atoms. The third kappa shape index (κ3) is 5.34. The Balaban J connectivity index is 2.02. The highest BCUT2D eigenvalue weighted by molar-refractivity contribution is 5.81. The Morgan fingerprint density at radius 1 is 0.762 bits per heavy atom. The Morgan fingerprint density at radius 3 is 1.95 bits per heavy atom. The second-order valence-electron chi connectivity index (χ2n) is 4.33. The van der Waals surface area contributed by atoms with E-state index in [-0.39, 0.29) is 0 Å². The number of ether oxygens (including phenoxy) is 5. The summed E-state index contributed by atoms with van der Waals surface area (Å²) in [7, 11) is 0. The lowest BCUT2D eigenvalue weighted by atomic mass is 10.2. The molecular weight excluding hydrogens is 276 g/mol. The number of aldehydes is 1. The lowest BCUT2D eigenvalue weighted by molar-refractivity contribution is 0.00707. The lowest BCUT2D eigenvalue weighted by Crippen LogP contribution is -2.13. The van der Waals surface area contributed by atoms with Crippen molar-refractivity contribution in [1.29, 1.82) is 0 Å². The predicted octanol–water partition coefficient (Wildman–Crippen LogP) is 1.32. The van der Waals surface area contributed by atoms with Crippen molar-refractivity contribution in [3.8, 4) is 11.5 Å². The summed E-state index contributed by atoms with van der Waals surface area (Å²) < 4.78 is 27.3. The summed E-state index contributed by atoms with van der Waals surface area (Å²) in [5, 5.41) is 0. The third-order valence-corrected chi connectivity index (χ3v) is 2.84. The molecule has 0 aliphatic carbocycles. The molecule has 2 rings (SSSR count). The molecule has 0 bridgehead atoms. The largest absolute Gasteiger partial charge is 0.487 e. The summed E-state index contributed by atoms with van der Waals surface area (Å²) in [4.78, 5) is 11.1. The molecule has 21 heavy (non-hydrogen) atoms. The van der Waals surface area contributed by atoms with Gasteiger partial charge in [-0.3, -0.25) is 4.79 Å². The summed E-state index contributed by atoms with van der Waals surface area (Å²) in [5.74, 6) is 0.983. The molecule has 0 radical (unpaired) electrons. The minimum atomic E-state index is 0.345. The smallest absolute Gasteiger partial charge is 0.171 e. The lowest BCUT2D eigenvalue weighted by Gasteiger charge is -2.14. The Bertz CT molecular complexity index is 434. The SMILES string of the molecule is O=Cc1cccc2c1OCCOCCOCCOCCO2. The predicted molar refractivity (Wildman–Crippen MR) is 75.3 cm³/mol. The summed E-state index contributed by atoms with van der Waals surface area (Å²) in [6.45, 7) is 3.68. The average Bonchev–Trinajstić information content (AvgIpc) is 2.52. The number of carbonyl (C=O) groups is 1. The molecule has 0 unspecified atom stereocenters. The van der Waals surface area contributed by atoms with E-state index in [2.05, 4.69) is 0 Å². The van der Waals surface area contributed by atoms with Crippen molar-refractivity contribution in [2.45, 2.75) is 0 Å². The minimum absolute atomic E-state index is 0.345. The zero-order valence-corrected chi connectivity index (χ0v) is 11.9. The van der Waals surface area contributed by atoms with Crippen molar-refractivity contribution in [2.75, 3.05) is 52.9 Å². The van der Waals surface area contributed by atoms with Gasteiger partial charge in [0.05, 0.1) is 45.2 Å². The van der Waals surface area contributed by atoms with Gasteiger partial charge in [0, 0.05) is 0 Å². The number of fused-ring (bicyclic) bond motifs is 1. The van der Waals surface area contributed by atoms with Gasteiger partial charge < -0.3 is 23.7 Å². The second kappa shape index (κ2) is 9.33. The van der Waals surface area contributed by atoms with E-state index in [1.54, 1.807) is 18.2 Å². The van der Waals surface area contributed by atoms with E-state index in [1.165, 1.54) is 0 Å². The van der Waals surface area contributed by atoms with Gasteiger partial charge in [0.15, 0.2) is 17.8 Å². The van der Waals surface area contributed by atoms with Crippen LogP contribution in [0.1, 0.15) is 10.4 Å². The summed E-state index contributed by atoms with van der Waals surface area (Å²) in [5.41, 5.74) is 0.459. The molecule has 1 heterocycles. The molecule has 0 aromatic heterocycles. The average molecular weight is 296 g/mol. The number of rotatable bonds is 1. The number of benzene rings is 1. The summed E-state index contributed by atoms with van der Waals surface area (Å²) in [6.07, 6.45) is 0.752. The van der Waals surface area contributed by atoms with Crippen LogP contribution in [0.5, 0.6) is 11.5 Å². The molecule has 1 aliphatic heterocycles. The van der Waals surface area contributed by atoms with E-state index in [1.807, 2.05) is 0 Å². The van der Waals surface area contributed by atoms with Crippen LogP contribution in [0, 0.1) is 0 Å². The highest BCUT2D eigenvalue weighted by Gasteiger charge is 2.11. The van der Waals surface area contributed by atoms with Gasteiger partial charge in [-0.2, -0.15) is 0 Å². The molecule has 0 fully saturated rings. The van der Waals surface area contributed by atoms with Crippen molar-refractivity contribution in [1.82, 2.24) is 0 Å². The Kier molecular flexibility index (Phi) is 7.00. The fourth-order valence-electron chi connectivity index (χ4n) is 1.85. The maximum absolute atomic E-state index is 11.1. The maximum Gasteiger partial charge on any atom is 0.171 e. The molecule has 0 N–H and O–H groups in total. The van der Waals surface area contributed by atoms with Gasteiger partial charge in [-0.15, -0.1) is 0 Å². The van der Waals surface area contributed by atoms with Gasteiger partial charge in [0.2, 0.25) is 0 Å². The van der Waals surface area contributed by atoms with Gasteiger partial charge in [-0.25, -0.2) is 0 Å². The number of carbonyl (C=O) groups excluding carboxylic acids is 1. The van der Waals surface area contributed by atoms with Crippen LogP contribution in [-0.4, -0.2) is 59.1 Å². The number of hydrogen-bond donors (Lipinski definition) is 0. The molecule has 6 heteroatoms. The number of hydrogen-bond acceptors (Lipinski definition) is 6. The first kappa shape index (κ1) is 15.8. The van der Waals surface area contributed by atoms with Crippen LogP contribution in [0.15, 0.2) is 18.2 Å². The Morgan fingerprint density at radius 2 is 1.33 bits per heavy atom. The molecule has 0 saturated carbocycles. The molecule has 0 atom stereocenters. The van der Waals surface area contributed by atoms with Crippen LogP contribution in [0.25, 0.3) is 0 Å². The molecule has 116 valence electrons. The first-order chi connectivity index (χ1) is 10.4. The van der Waals surface area contributed by atoms with Crippen molar-refractivity contribution < 1.29 is 28.5 Å². The molecule has 1 aromatic carbocycles. The van der Waals surface area contributed by atoms with Gasteiger partial charge >= 0.3 is 0 Å². The van der Waals surface area contributed by atoms with Gasteiger partial charge in [-0.1, -0.05) is 6.07 Å². The van der Waals surface area contributed by atoms with E-state index < -0.39 is 0 Å². The summed E-state index contributed by atoms with van der Waals surface area (Å²) >= 11 is 0. The standard InChI is InChI=1S/C15H20O6/c16-12-13-2-1-3-14-15(13)21-11-9-19-7-5-17-4-6-18-8-10-20-14/h1-3,12H,4-11H2. The first-order valence-corrected chi connectivity index (χ1v) is 6.99. The van der Waals surface area contributed by atoms with Crippen LogP contribution < -0.4 is 9.47 Å². The van der Waals surface area contributed by atoms with E-state index in [0.717, 1.165) is 6.29 Å². The highest BCUT2D eigenvalue weighted by atomic mass is 16.6. The van der Waals surface area contributed by atoms with Gasteiger partial charge in [-0.05, 0) is 12.1 Å². The van der Waals surface area contributed by atoms with Gasteiger partial charge in [0.25, 0.3) is 0 Å². The van der Waals surface area contributed by atoms with Crippen LogP contribution in [-0.2, 0) is 14.2 Å². The fourth-order valence-corrected chi connectivity index (χ4v) is 1.85. The van der Waals surface area contributed by atoms with E-state index in [4.69, 9.17) is 23.7 Å². The molecule has 6 nitrogen and oxygen atoms in total. The van der Waals surface area contributed by atoms with E-state index in [0.29, 0.717) is 69.9 Å². The number of para-hydroxylation sites is 1. The second-order valence-corrected chi connectivity index (χ2v) is 4.33. The first-order valence-electron chi connectivity index (χ1n) is 6.99. The Labute approximate surface area is 123 Å². The molecule has 1 aromatic rings. The molecule has 1 aliphatic rings. The van der Waals surface area contributed by atoms with Gasteiger partial charge in [0.1, 0.15) is 13.2 Å². The topological polar surface area (TPSA) is 63.2 Å². The molecule has 0 saturated heterocycles. The normalized spacial score (nSPS) is 18.3. The van der Waals surface area contributed by atoms with Crippen molar-refractivity contribution >= 4 is 6.29 Å². The van der Waals surface area contributed by atoms with Crippen LogP contribution in [0.4, 0.5) is 0 Å². The van der Waals surface area contributed by atoms with E-state index >= 15 is 0 Å². The minimum Gasteiger partial charge on any atom is -0.487 e. The van der Waals surface area contributed by atoms with Crippen molar-refractivity contribution in [3.63, 3.8) is 0 Å². The monoisotopic (exact) mass is 296 g/mol. The van der Waals surface area contributed by atoms with E-state index in [9.17, 15) is 4.79 Å².